The Kier molecular flexibility index (Phi) is 5.04. The van der Waals surface area contributed by atoms with E-state index in [-0.39, 0.29) is 0 Å². The molecule has 0 heterocycles. The summed E-state index contributed by atoms with van der Waals surface area (Å²) in [5.74, 6) is -2.89. The summed E-state index contributed by atoms with van der Waals surface area (Å²) < 4.78 is 74.1. The molecule has 0 saturated carbocycles. The van der Waals surface area contributed by atoms with Crippen LogP contribution in [0.1, 0.15) is 20.3 Å². The van der Waals surface area contributed by atoms with Crippen molar-refractivity contribution >= 4 is 5.97 Å². The Balaban J connectivity index is 5.29. The van der Waals surface area contributed by atoms with Gasteiger partial charge in [-0.1, -0.05) is 13.0 Å². The van der Waals surface area contributed by atoms with Crippen molar-refractivity contribution in [3.05, 3.63) is 11.6 Å². The van der Waals surface area contributed by atoms with Gasteiger partial charge in [-0.25, -0.2) is 4.79 Å². The minimum atomic E-state index is -5.90. The number of aliphatic carboxylic acids is 1. The normalized spacial score (nSPS) is 16.4. The van der Waals surface area contributed by atoms with E-state index >= 15 is 0 Å². The molecule has 1 unspecified atom stereocenters. The van der Waals surface area contributed by atoms with Crippen molar-refractivity contribution in [3.63, 3.8) is 0 Å². The number of hydrogen-bond donors (Lipinski definition) is 2. The van der Waals surface area contributed by atoms with E-state index in [0.29, 0.717) is 0 Å². The predicted octanol–water partition coefficient (Wildman–Crippen LogP) is 2.90. The molecule has 1 atom stereocenters. The summed E-state index contributed by atoms with van der Waals surface area (Å²) in [6, 6.07) is 0. The van der Waals surface area contributed by atoms with Crippen LogP contribution in [0.2, 0.25) is 0 Å². The lowest BCUT2D eigenvalue weighted by atomic mass is 9.89. The van der Waals surface area contributed by atoms with Gasteiger partial charge in [0.25, 0.3) is 5.60 Å². The van der Waals surface area contributed by atoms with Crippen molar-refractivity contribution < 1.29 is 41.4 Å². The largest absolute Gasteiger partial charge is 0.478 e. The molecule has 0 aliphatic heterocycles. The fourth-order valence-electron chi connectivity index (χ4n) is 1.42. The van der Waals surface area contributed by atoms with Crippen LogP contribution in [0.3, 0.4) is 0 Å². The van der Waals surface area contributed by atoms with E-state index in [9.17, 15) is 31.1 Å². The average molecular weight is 294 g/mol. The molecule has 0 saturated heterocycles. The van der Waals surface area contributed by atoms with Crippen LogP contribution in [0, 0.1) is 5.92 Å². The Morgan fingerprint density at radius 2 is 1.53 bits per heavy atom. The molecule has 0 fully saturated rings. The summed E-state index contributed by atoms with van der Waals surface area (Å²) in [4.78, 5) is 10.4. The molecular weight excluding hydrogens is 282 g/mol. The zero-order valence-corrected chi connectivity index (χ0v) is 9.93. The zero-order chi connectivity index (χ0) is 15.6. The van der Waals surface area contributed by atoms with Crippen molar-refractivity contribution in [2.45, 2.75) is 38.2 Å². The van der Waals surface area contributed by atoms with Gasteiger partial charge in [-0.3, -0.25) is 0 Å². The van der Waals surface area contributed by atoms with Crippen LogP contribution in [0.5, 0.6) is 0 Å². The first kappa shape index (κ1) is 17.8. The third-order valence-corrected chi connectivity index (χ3v) is 2.43. The summed E-state index contributed by atoms with van der Waals surface area (Å²) >= 11 is 0. The van der Waals surface area contributed by atoms with Crippen LogP contribution in [-0.4, -0.2) is 34.1 Å². The number of halogens is 6. The van der Waals surface area contributed by atoms with Crippen LogP contribution >= 0.6 is 0 Å². The minimum Gasteiger partial charge on any atom is -0.478 e. The second kappa shape index (κ2) is 5.40. The van der Waals surface area contributed by atoms with Gasteiger partial charge in [0.15, 0.2) is 0 Å². The number of rotatable bonds is 4. The molecule has 0 aromatic carbocycles. The van der Waals surface area contributed by atoms with Crippen molar-refractivity contribution in [2.75, 3.05) is 0 Å². The third-order valence-electron chi connectivity index (χ3n) is 2.43. The van der Waals surface area contributed by atoms with E-state index in [1.165, 1.54) is 0 Å². The Morgan fingerprint density at radius 1 is 1.16 bits per heavy atom. The van der Waals surface area contributed by atoms with Crippen LogP contribution < -0.4 is 0 Å². The maximum Gasteiger partial charge on any atom is 0.426 e. The molecule has 0 rings (SSSR count). The van der Waals surface area contributed by atoms with Gasteiger partial charge >= 0.3 is 18.3 Å². The Bertz CT molecular complexity index is 354. The van der Waals surface area contributed by atoms with E-state index < -0.39 is 41.8 Å². The molecule has 3 nitrogen and oxygen atoms in total. The molecule has 0 bridgehead atoms. The summed E-state index contributed by atoms with van der Waals surface area (Å²) in [6.45, 7) is 1.98. The minimum absolute atomic E-state index is 0.404. The Labute approximate surface area is 104 Å². The lowest BCUT2D eigenvalue weighted by molar-refractivity contribution is -0.371. The molecular formula is C10H12F6O3. The van der Waals surface area contributed by atoms with Crippen LogP contribution in [0.4, 0.5) is 26.3 Å². The van der Waals surface area contributed by atoms with E-state index in [2.05, 4.69) is 0 Å². The van der Waals surface area contributed by atoms with Crippen LogP contribution in [0.25, 0.3) is 0 Å². The monoisotopic (exact) mass is 294 g/mol. The molecule has 0 aliphatic carbocycles. The van der Waals surface area contributed by atoms with Crippen LogP contribution in [0.15, 0.2) is 11.6 Å². The maximum absolute atomic E-state index is 12.3. The van der Waals surface area contributed by atoms with Crippen LogP contribution in [-0.2, 0) is 4.79 Å². The number of alkyl halides is 6. The topological polar surface area (TPSA) is 57.5 Å². The van der Waals surface area contributed by atoms with Gasteiger partial charge in [0.05, 0.1) is 0 Å². The highest BCUT2D eigenvalue weighted by Crippen LogP contribution is 2.46. The van der Waals surface area contributed by atoms with E-state index in [1.807, 2.05) is 0 Å². The van der Waals surface area contributed by atoms with Crippen molar-refractivity contribution in [3.8, 4) is 0 Å². The quantitative estimate of drug-likeness (QED) is 0.619. The first-order chi connectivity index (χ1) is 8.22. The number of aliphatic hydroxyl groups is 1. The second-order valence-corrected chi connectivity index (χ2v) is 4.19. The highest BCUT2D eigenvalue weighted by molar-refractivity contribution is 5.85. The zero-order valence-electron chi connectivity index (χ0n) is 9.93. The number of hydrogen-bond acceptors (Lipinski definition) is 2. The fourth-order valence-corrected chi connectivity index (χ4v) is 1.42. The highest BCUT2D eigenvalue weighted by Gasteiger charge is 2.70. The first-order valence-corrected chi connectivity index (χ1v) is 5.00. The molecule has 0 aromatic rings. The van der Waals surface area contributed by atoms with E-state index in [0.717, 1.165) is 19.9 Å². The SMILES string of the molecule is C/C(=C\C(C)CC(O)(C(F)(F)F)C(F)(F)F)C(=O)O. The molecule has 19 heavy (non-hydrogen) atoms. The standard InChI is InChI=1S/C10H12F6O3/c1-5(3-6(2)7(17)18)4-8(19,9(11,12)13)10(14,15)16/h3,5,19H,4H2,1-2H3,(H,17,18)/b6-3+. The molecule has 0 amide bonds. The summed E-state index contributed by atoms with van der Waals surface area (Å²) in [5, 5.41) is 17.4. The second-order valence-electron chi connectivity index (χ2n) is 4.19. The van der Waals surface area contributed by atoms with E-state index in [4.69, 9.17) is 10.2 Å². The maximum atomic E-state index is 12.3. The summed E-state index contributed by atoms with van der Waals surface area (Å²) in [6.07, 6.45) is -12.8. The molecule has 0 radical (unpaired) electrons. The van der Waals surface area contributed by atoms with E-state index in [1.54, 1.807) is 0 Å². The molecule has 0 spiro atoms. The number of carboxylic acid groups (broad SMARTS) is 1. The number of allylic oxidation sites excluding steroid dienone is 1. The number of carbonyl (C=O) groups is 1. The van der Waals surface area contributed by atoms with Gasteiger partial charge in [-0.15, -0.1) is 0 Å². The molecule has 9 heteroatoms. The van der Waals surface area contributed by atoms with Crippen molar-refractivity contribution in [1.29, 1.82) is 0 Å². The molecule has 112 valence electrons. The summed E-state index contributed by atoms with van der Waals surface area (Å²) in [7, 11) is 0. The number of carboxylic acids is 1. The van der Waals surface area contributed by atoms with Gasteiger partial charge in [0, 0.05) is 12.0 Å². The van der Waals surface area contributed by atoms with Crippen molar-refractivity contribution in [2.24, 2.45) is 5.92 Å². The summed E-state index contributed by atoms with van der Waals surface area (Å²) in [5.41, 5.74) is -5.27. The smallest absolute Gasteiger partial charge is 0.426 e. The van der Waals surface area contributed by atoms with Gasteiger partial charge in [-0.05, 0) is 12.8 Å². The fraction of sp³-hybridized carbons (Fsp3) is 0.700. The average Bonchev–Trinajstić information content (AvgIpc) is 2.13. The first-order valence-electron chi connectivity index (χ1n) is 5.00. The van der Waals surface area contributed by atoms with Gasteiger partial charge in [0.1, 0.15) is 0 Å². The van der Waals surface area contributed by atoms with Gasteiger partial charge in [-0.2, -0.15) is 26.3 Å². The molecule has 0 aromatic heterocycles. The third kappa shape index (κ3) is 4.12. The van der Waals surface area contributed by atoms with Crippen molar-refractivity contribution in [1.82, 2.24) is 0 Å². The highest BCUT2D eigenvalue weighted by atomic mass is 19.4. The molecule has 0 aliphatic rings. The molecule has 2 N–H and O–H groups in total. The van der Waals surface area contributed by atoms with Gasteiger partial charge < -0.3 is 10.2 Å². The lowest BCUT2D eigenvalue weighted by Crippen LogP contribution is -2.57. The van der Waals surface area contributed by atoms with Gasteiger partial charge in [0.2, 0.25) is 0 Å². The Morgan fingerprint density at radius 3 is 1.79 bits per heavy atom. The Hall–Kier alpha value is -1.25. The predicted molar refractivity (Wildman–Crippen MR) is 52.2 cm³/mol. The lowest BCUT2D eigenvalue weighted by Gasteiger charge is -2.33.